The molecule has 6 nitrogen and oxygen atoms in total. The van der Waals surface area contributed by atoms with Gasteiger partial charge in [0.1, 0.15) is 6.04 Å². The van der Waals surface area contributed by atoms with Crippen LogP contribution in [0.3, 0.4) is 0 Å². The molecule has 6 heteroatoms. The van der Waals surface area contributed by atoms with Crippen LogP contribution >= 0.6 is 0 Å². The van der Waals surface area contributed by atoms with Gasteiger partial charge in [-0.1, -0.05) is 35.5 Å². The van der Waals surface area contributed by atoms with Gasteiger partial charge in [0.2, 0.25) is 5.76 Å². The fourth-order valence-corrected chi connectivity index (χ4v) is 1.61. The van der Waals surface area contributed by atoms with Gasteiger partial charge in [0, 0.05) is 12.5 Å². The van der Waals surface area contributed by atoms with E-state index < -0.39 is 17.9 Å². The van der Waals surface area contributed by atoms with Crippen molar-refractivity contribution in [2.45, 2.75) is 12.5 Å². The fraction of sp³-hybridized carbons (Fsp3) is 0.154. The van der Waals surface area contributed by atoms with Crippen LogP contribution in [0, 0.1) is 0 Å². The van der Waals surface area contributed by atoms with Crippen LogP contribution in [-0.2, 0) is 11.2 Å². The summed E-state index contributed by atoms with van der Waals surface area (Å²) in [5, 5.41) is 14.9. The van der Waals surface area contributed by atoms with Gasteiger partial charge in [-0.05, 0) is 5.56 Å². The third kappa shape index (κ3) is 3.41. The summed E-state index contributed by atoms with van der Waals surface area (Å²) in [5.74, 6) is -1.71. The molecule has 98 valence electrons. The summed E-state index contributed by atoms with van der Waals surface area (Å²) in [7, 11) is 0. The van der Waals surface area contributed by atoms with Gasteiger partial charge in [-0.2, -0.15) is 0 Å². The van der Waals surface area contributed by atoms with Crippen LogP contribution in [0.25, 0.3) is 0 Å². The zero-order valence-corrected chi connectivity index (χ0v) is 9.95. The molecule has 0 aliphatic heterocycles. The second kappa shape index (κ2) is 5.81. The lowest BCUT2D eigenvalue weighted by atomic mass is 10.1. The molecule has 2 aromatic rings. The molecular formula is C13H12N2O4. The van der Waals surface area contributed by atoms with E-state index in [2.05, 4.69) is 15.0 Å². The van der Waals surface area contributed by atoms with E-state index in [0.717, 1.165) is 5.56 Å². The third-order valence-electron chi connectivity index (χ3n) is 2.55. The molecule has 1 amide bonds. The maximum absolute atomic E-state index is 11.7. The minimum atomic E-state index is -1.10. The van der Waals surface area contributed by atoms with Crippen LogP contribution < -0.4 is 5.32 Å². The lowest BCUT2D eigenvalue weighted by Crippen LogP contribution is -2.42. The number of carboxylic acids is 1. The van der Waals surface area contributed by atoms with Crippen LogP contribution in [0.2, 0.25) is 0 Å². The molecule has 2 rings (SSSR count). The summed E-state index contributed by atoms with van der Waals surface area (Å²) < 4.78 is 4.67. The number of amides is 1. The molecule has 1 aromatic heterocycles. The largest absolute Gasteiger partial charge is 0.480 e. The molecule has 0 bridgehead atoms. The average Bonchev–Trinajstić information content (AvgIpc) is 2.93. The highest BCUT2D eigenvalue weighted by atomic mass is 16.5. The first kappa shape index (κ1) is 12.8. The van der Waals surface area contributed by atoms with Gasteiger partial charge in [-0.25, -0.2) is 4.79 Å². The Balaban J connectivity index is 2.05. The molecule has 0 saturated carbocycles. The van der Waals surface area contributed by atoms with Crippen molar-refractivity contribution in [2.24, 2.45) is 0 Å². The van der Waals surface area contributed by atoms with Crippen molar-refractivity contribution in [3.63, 3.8) is 0 Å². The van der Waals surface area contributed by atoms with E-state index in [1.165, 1.54) is 12.3 Å². The summed E-state index contributed by atoms with van der Waals surface area (Å²) in [6.45, 7) is 0. The van der Waals surface area contributed by atoms with E-state index in [9.17, 15) is 9.59 Å². The van der Waals surface area contributed by atoms with Gasteiger partial charge >= 0.3 is 5.97 Å². The van der Waals surface area contributed by atoms with Crippen molar-refractivity contribution in [1.29, 1.82) is 0 Å². The van der Waals surface area contributed by atoms with Gasteiger partial charge < -0.3 is 14.9 Å². The number of aromatic nitrogens is 1. The van der Waals surface area contributed by atoms with Crippen molar-refractivity contribution in [3.05, 3.63) is 53.9 Å². The molecular weight excluding hydrogens is 248 g/mol. The van der Waals surface area contributed by atoms with Gasteiger partial charge in [-0.3, -0.25) is 4.79 Å². The molecule has 1 heterocycles. The molecule has 0 unspecified atom stereocenters. The quantitative estimate of drug-likeness (QED) is 0.839. The van der Waals surface area contributed by atoms with E-state index in [0.29, 0.717) is 0 Å². The lowest BCUT2D eigenvalue weighted by molar-refractivity contribution is -0.139. The summed E-state index contributed by atoms with van der Waals surface area (Å²) in [4.78, 5) is 22.9. The number of nitrogens with zero attached hydrogens (tertiary/aromatic N) is 1. The lowest BCUT2D eigenvalue weighted by Gasteiger charge is -2.13. The Hall–Kier alpha value is -2.63. The van der Waals surface area contributed by atoms with Crippen LogP contribution in [0.1, 0.15) is 16.1 Å². The number of hydrogen-bond donors (Lipinski definition) is 2. The molecule has 0 aliphatic rings. The Morgan fingerprint density at radius 3 is 2.58 bits per heavy atom. The smallest absolute Gasteiger partial charge is 0.326 e. The van der Waals surface area contributed by atoms with Crippen LogP contribution in [0.4, 0.5) is 0 Å². The second-order valence-electron chi connectivity index (χ2n) is 3.93. The summed E-state index contributed by atoms with van der Waals surface area (Å²) in [6, 6.07) is 9.43. The SMILES string of the molecule is O=C(N[C@@H](Cc1ccccc1)C(=O)O)c1ccno1. The van der Waals surface area contributed by atoms with E-state index >= 15 is 0 Å². The van der Waals surface area contributed by atoms with E-state index in [1.54, 1.807) is 12.1 Å². The molecule has 2 N–H and O–H groups in total. The number of nitrogens with one attached hydrogen (secondary N) is 1. The maximum Gasteiger partial charge on any atom is 0.326 e. The molecule has 0 radical (unpaired) electrons. The van der Waals surface area contributed by atoms with Crippen LogP contribution in [0.5, 0.6) is 0 Å². The summed E-state index contributed by atoms with van der Waals surface area (Å²) in [5.41, 5.74) is 0.827. The first-order chi connectivity index (χ1) is 9.16. The molecule has 0 fully saturated rings. The van der Waals surface area contributed by atoms with Crippen molar-refractivity contribution >= 4 is 11.9 Å². The zero-order valence-electron chi connectivity index (χ0n) is 9.95. The van der Waals surface area contributed by atoms with Crippen LogP contribution in [-0.4, -0.2) is 28.2 Å². The highest BCUT2D eigenvalue weighted by Gasteiger charge is 2.22. The minimum absolute atomic E-state index is 0.0145. The maximum atomic E-state index is 11.7. The molecule has 1 aromatic carbocycles. The van der Waals surface area contributed by atoms with Crippen LogP contribution in [0.15, 0.2) is 47.1 Å². The Morgan fingerprint density at radius 1 is 1.26 bits per heavy atom. The standard InChI is InChI=1S/C13H12N2O4/c16-12(11-6-7-14-19-11)15-10(13(17)18)8-9-4-2-1-3-5-9/h1-7,10H,8H2,(H,15,16)(H,17,18)/t10-/m0/s1. The van der Waals surface area contributed by atoms with Gasteiger partial charge in [0.25, 0.3) is 5.91 Å². The van der Waals surface area contributed by atoms with E-state index in [4.69, 9.17) is 5.11 Å². The fourth-order valence-electron chi connectivity index (χ4n) is 1.61. The highest BCUT2D eigenvalue weighted by Crippen LogP contribution is 2.05. The van der Waals surface area contributed by atoms with Gasteiger partial charge in [0.05, 0.1) is 6.20 Å². The number of aliphatic carboxylic acids is 1. The van der Waals surface area contributed by atoms with Crippen molar-refractivity contribution in [3.8, 4) is 0 Å². The third-order valence-corrected chi connectivity index (χ3v) is 2.55. The number of carbonyl (C=O) groups is 2. The Kier molecular flexibility index (Phi) is 3.92. The molecule has 0 saturated heterocycles. The molecule has 0 spiro atoms. The Bertz CT molecular complexity index is 551. The van der Waals surface area contributed by atoms with Crippen molar-refractivity contribution in [2.75, 3.05) is 0 Å². The minimum Gasteiger partial charge on any atom is -0.480 e. The van der Waals surface area contributed by atoms with E-state index in [-0.39, 0.29) is 12.2 Å². The van der Waals surface area contributed by atoms with E-state index in [1.807, 2.05) is 18.2 Å². The molecule has 0 aliphatic carbocycles. The summed E-state index contributed by atoms with van der Waals surface area (Å²) in [6.07, 6.45) is 1.53. The first-order valence-electron chi connectivity index (χ1n) is 5.65. The first-order valence-corrected chi connectivity index (χ1v) is 5.65. The Morgan fingerprint density at radius 2 is 2.00 bits per heavy atom. The monoisotopic (exact) mass is 260 g/mol. The van der Waals surface area contributed by atoms with Crippen molar-refractivity contribution < 1.29 is 19.2 Å². The van der Waals surface area contributed by atoms with Crippen molar-refractivity contribution in [1.82, 2.24) is 10.5 Å². The number of hydrogen-bond acceptors (Lipinski definition) is 4. The number of carbonyl (C=O) groups excluding carboxylic acids is 1. The molecule has 1 atom stereocenters. The van der Waals surface area contributed by atoms with Gasteiger partial charge in [-0.15, -0.1) is 0 Å². The summed E-state index contributed by atoms with van der Waals surface area (Å²) >= 11 is 0. The second-order valence-corrected chi connectivity index (χ2v) is 3.93. The number of benzene rings is 1. The predicted molar refractivity (Wildman–Crippen MR) is 65.5 cm³/mol. The number of carboxylic acid groups (broad SMARTS) is 1. The van der Waals surface area contributed by atoms with Gasteiger partial charge in [0.15, 0.2) is 0 Å². The topological polar surface area (TPSA) is 92.4 Å². The highest BCUT2D eigenvalue weighted by molar-refractivity contribution is 5.94. The molecule has 19 heavy (non-hydrogen) atoms. The Labute approximate surface area is 109 Å². The average molecular weight is 260 g/mol. The number of rotatable bonds is 5. The normalized spacial score (nSPS) is 11.8. The zero-order chi connectivity index (χ0) is 13.7. The predicted octanol–water partition coefficient (Wildman–Crippen LogP) is 1.10.